The zero-order valence-electron chi connectivity index (χ0n) is 9.65. The number of likely N-dealkylation sites (tertiary alicyclic amines) is 1. The third-order valence-electron chi connectivity index (χ3n) is 3.14. The molecule has 1 fully saturated rings. The highest BCUT2D eigenvalue weighted by Crippen LogP contribution is 2.15. The predicted octanol–water partition coefficient (Wildman–Crippen LogP) is 2.12. The molecule has 0 atom stereocenters. The number of methoxy groups -OCH3 is 1. The van der Waals surface area contributed by atoms with Crippen molar-refractivity contribution in [3.8, 4) is 0 Å². The Kier molecular flexibility index (Phi) is 3.57. The van der Waals surface area contributed by atoms with Crippen LogP contribution in [0.25, 0.3) is 0 Å². The Bertz CT molecular complexity index is 342. The van der Waals surface area contributed by atoms with E-state index in [1.807, 2.05) is 30.3 Å². The topological polar surface area (TPSA) is 36.3 Å². The molecule has 3 nitrogen and oxygen atoms in total. The summed E-state index contributed by atoms with van der Waals surface area (Å²) < 4.78 is 5.33. The number of ether oxygens (including phenoxy) is 1. The lowest BCUT2D eigenvalue weighted by Crippen LogP contribution is -2.40. The van der Waals surface area contributed by atoms with E-state index >= 15 is 0 Å². The van der Waals surface area contributed by atoms with Crippen LogP contribution in [-0.2, 0) is 4.74 Å². The highest BCUT2D eigenvalue weighted by molar-refractivity contribution is 5.96. The molecule has 1 heterocycles. The molecule has 86 valence electrons. The van der Waals surface area contributed by atoms with Crippen molar-refractivity contribution >= 4 is 5.84 Å². The minimum atomic E-state index is 0.375. The zero-order chi connectivity index (χ0) is 11.4. The summed E-state index contributed by atoms with van der Waals surface area (Å²) in [4.78, 5) is 2.13. The molecule has 1 N–H and O–H groups in total. The van der Waals surface area contributed by atoms with E-state index in [9.17, 15) is 0 Å². The van der Waals surface area contributed by atoms with E-state index in [1.54, 1.807) is 7.11 Å². The predicted molar refractivity (Wildman–Crippen MR) is 64.9 cm³/mol. The van der Waals surface area contributed by atoms with E-state index in [-0.39, 0.29) is 0 Å². The van der Waals surface area contributed by atoms with Crippen molar-refractivity contribution < 1.29 is 4.74 Å². The second kappa shape index (κ2) is 5.12. The van der Waals surface area contributed by atoms with Gasteiger partial charge < -0.3 is 9.64 Å². The average molecular weight is 218 g/mol. The maximum absolute atomic E-state index is 8.13. The molecule has 0 saturated carbocycles. The number of hydrogen-bond acceptors (Lipinski definition) is 2. The molecule has 2 rings (SSSR count). The second-order valence-corrected chi connectivity index (χ2v) is 4.14. The van der Waals surface area contributed by atoms with E-state index in [0.29, 0.717) is 11.9 Å². The van der Waals surface area contributed by atoms with Crippen LogP contribution in [0, 0.1) is 5.41 Å². The summed E-state index contributed by atoms with van der Waals surface area (Å²) in [6.45, 7) is 1.85. The van der Waals surface area contributed by atoms with Crippen molar-refractivity contribution in [1.29, 1.82) is 5.41 Å². The molecule has 0 amide bonds. The Morgan fingerprint density at radius 1 is 1.25 bits per heavy atom. The Morgan fingerprint density at radius 3 is 2.44 bits per heavy atom. The zero-order valence-corrected chi connectivity index (χ0v) is 9.65. The lowest BCUT2D eigenvalue weighted by molar-refractivity contribution is 0.0578. The van der Waals surface area contributed by atoms with Gasteiger partial charge in [-0.15, -0.1) is 0 Å². The fraction of sp³-hybridized carbons (Fsp3) is 0.462. The van der Waals surface area contributed by atoms with Crippen LogP contribution in [0.5, 0.6) is 0 Å². The first kappa shape index (κ1) is 11.1. The molecule has 0 spiro atoms. The van der Waals surface area contributed by atoms with Crippen LogP contribution in [0.1, 0.15) is 18.4 Å². The molecule has 0 aromatic heterocycles. The number of rotatable bonds is 2. The number of nitrogens with one attached hydrogen (secondary N) is 1. The van der Waals surface area contributed by atoms with Gasteiger partial charge in [-0.05, 0) is 12.8 Å². The van der Waals surface area contributed by atoms with E-state index in [2.05, 4.69) is 4.90 Å². The van der Waals surface area contributed by atoms with Crippen molar-refractivity contribution in [3.05, 3.63) is 35.9 Å². The molecule has 0 unspecified atom stereocenters. The number of amidine groups is 1. The summed E-state index contributed by atoms with van der Waals surface area (Å²) in [5, 5.41) is 8.13. The van der Waals surface area contributed by atoms with E-state index in [4.69, 9.17) is 10.1 Å². The second-order valence-electron chi connectivity index (χ2n) is 4.14. The number of nitrogens with zero attached hydrogens (tertiary/aromatic N) is 1. The molecule has 1 aliphatic rings. The third kappa shape index (κ3) is 2.42. The number of benzene rings is 1. The normalized spacial score (nSPS) is 17.4. The van der Waals surface area contributed by atoms with Crippen LogP contribution in [-0.4, -0.2) is 37.0 Å². The van der Waals surface area contributed by atoms with Gasteiger partial charge in [-0.25, -0.2) is 0 Å². The first-order valence-corrected chi connectivity index (χ1v) is 5.73. The van der Waals surface area contributed by atoms with Crippen molar-refractivity contribution in [2.45, 2.75) is 18.9 Å². The average Bonchev–Trinajstić information content (AvgIpc) is 2.39. The maximum Gasteiger partial charge on any atom is 0.128 e. The van der Waals surface area contributed by atoms with Gasteiger partial charge in [-0.1, -0.05) is 30.3 Å². The molecule has 1 saturated heterocycles. The Labute approximate surface area is 96.5 Å². The Hall–Kier alpha value is -1.35. The van der Waals surface area contributed by atoms with Crippen LogP contribution in [0.2, 0.25) is 0 Å². The molecular weight excluding hydrogens is 200 g/mol. The molecule has 1 aromatic carbocycles. The Morgan fingerprint density at radius 2 is 1.88 bits per heavy atom. The van der Waals surface area contributed by atoms with Crippen molar-refractivity contribution in [2.75, 3.05) is 20.2 Å². The highest BCUT2D eigenvalue weighted by atomic mass is 16.5. The van der Waals surface area contributed by atoms with Gasteiger partial charge in [-0.2, -0.15) is 0 Å². The fourth-order valence-electron chi connectivity index (χ4n) is 2.09. The van der Waals surface area contributed by atoms with Crippen LogP contribution in [0.4, 0.5) is 0 Å². The van der Waals surface area contributed by atoms with E-state index in [0.717, 1.165) is 31.5 Å². The summed E-state index contributed by atoms with van der Waals surface area (Å²) in [6, 6.07) is 9.92. The minimum Gasteiger partial charge on any atom is -0.381 e. The number of piperidine rings is 1. The van der Waals surface area contributed by atoms with Crippen LogP contribution in [0.15, 0.2) is 30.3 Å². The maximum atomic E-state index is 8.13. The van der Waals surface area contributed by atoms with Gasteiger partial charge in [0.2, 0.25) is 0 Å². The SMILES string of the molecule is COC1CCN(C(=N)c2ccccc2)CC1. The molecule has 1 aromatic rings. The van der Waals surface area contributed by atoms with Gasteiger partial charge >= 0.3 is 0 Å². The molecule has 0 aliphatic carbocycles. The van der Waals surface area contributed by atoms with Gasteiger partial charge in [0.25, 0.3) is 0 Å². The summed E-state index contributed by atoms with van der Waals surface area (Å²) in [7, 11) is 1.77. The summed E-state index contributed by atoms with van der Waals surface area (Å²) >= 11 is 0. The van der Waals surface area contributed by atoms with Crippen molar-refractivity contribution in [3.63, 3.8) is 0 Å². The summed E-state index contributed by atoms with van der Waals surface area (Å²) in [5.74, 6) is 0.634. The van der Waals surface area contributed by atoms with Gasteiger partial charge in [0.15, 0.2) is 0 Å². The summed E-state index contributed by atoms with van der Waals surface area (Å²) in [5.41, 5.74) is 0.998. The van der Waals surface area contributed by atoms with E-state index < -0.39 is 0 Å². The molecule has 1 aliphatic heterocycles. The quantitative estimate of drug-likeness (QED) is 0.609. The first-order valence-electron chi connectivity index (χ1n) is 5.73. The molecule has 3 heteroatoms. The largest absolute Gasteiger partial charge is 0.381 e. The minimum absolute atomic E-state index is 0.375. The van der Waals surface area contributed by atoms with Crippen LogP contribution in [0.3, 0.4) is 0 Å². The van der Waals surface area contributed by atoms with Gasteiger partial charge in [0, 0.05) is 25.8 Å². The van der Waals surface area contributed by atoms with E-state index in [1.165, 1.54) is 0 Å². The van der Waals surface area contributed by atoms with Crippen LogP contribution >= 0.6 is 0 Å². The monoisotopic (exact) mass is 218 g/mol. The van der Waals surface area contributed by atoms with Gasteiger partial charge in [0.05, 0.1) is 6.10 Å². The number of hydrogen-bond donors (Lipinski definition) is 1. The third-order valence-corrected chi connectivity index (χ3v) is 3.14. The molecule has 0 radical (unpaired) electrons. The smallest absolute Gasteiger partial charge is 0.128 e. The summed E-state index contributed by atoms with van der Waals surface area (Å²) in [6.07, 6.45) is 2.41. The van der Waals surface area contributed by atoms with Crippen molar-refractivity contribution in [1.82, 2.24) is 4.90 Å². The van der Waals surface area contributed by atoms with Crippen LogP contribution < -0.4 is 0 Å². The highest BCUT2D eigenvalue weighted by Gasteiger charge is 2.20. The fourth-order valence-corrected chi connectivity index (χ4v) is 2.09. The van der Waals surface area contributed by atoms with Crippen molar-refractivity contribution in [2.24, 2.45) is 0 Å². The van der Waals surface area contributed by atoms with Gasteiger partial charge in [-0.3, -0.25) is 5.41 Å². The van der Waals surface area contributed by atoms with Gasteiger partial charge in [0.1, 0.15) is 5.84 Å². The molecular formula is C13H18N2O. The molecule has 16 heavy (non-hydrogen) atoms. The lowest BCUT2D eigenvalue weighted by atomic mass is 10.1. The molecule has 0 bridgehead atoms. The Balaban J connectivity index is 1.97. The lowest BCUT2D eigenvalue weighted by Gasteiger charge is -2.33. The standard InChI is InChI=1S/C13H18N2O/c1-16-12-7-9-15(10-8-12)13(14)11-5-3-2-4-6-11/h2-6,12,14H,7-10H2,1H3. The first-order chi connectivity index (χ1) is 7.81.